The second-order valence-corrected chi connectivity index (χ2v) is 5.67. The summed E-state index contributed by atoms with van der Waals surface area (Å²) in [7, 11) is 0. The minimum atomic E-state index is -0.0505. The zero-order valence-electron chi connectivity index (χ0n) is 12.8. The molecule has 1 rings (SSSR count). The number of hydrogen-bond acceptors (Lipinski definition) is 3. The van der Waals surface area contributed by atoms with Crippen molar-refractivity contribution in [2.24, 2.45) is 5.41 Å². The maximum atomic E-state index is 11.6. The van der Waals surface area contributed by atoms with E-state index in [2.05, 4.69) is 10.6 Å². The van der Waals surface area contributed by atoms with Gasteiger partial charge in [-0.2, -0.15) is 0 Å². The van der Waals surface area contributed by atoms with Crippen LogP contribution in [-0.2, 0) is 14.3 Å². The lowest BCUT2D eigenvalue weighted by Crippen LogP contribution is -2.48. The van der Waals surface area contributed by atoms with Crippen LogP contribution >= 0.6 is 0 Å². The van der Waals surface area contributed by atoms with Crippen LogP contribution in [0.25, 0.3) is 0 Å². The number of rotatable bonds is 8. The largest absolute Gasteiger partial charge is 0.381 e. The standard InChI is InChI=1S/C15H28N2O3/c1-3-5-13(18)16-11-15(7-9-20-10-8-15)12-17-14(19)6-4-2/h3-12H2,1-2H3,(H,16,18)(H,17,19). The normalized spacial score (nSPS) is 17.5. The quantitative estimate of drug-likeness (QED) is 0.711. The van der Waals surface area contributed by atoms with Crippen molar-refractivity contribution in [3.8, 4) is 0 Å². The van der Waals surface area contributed by atoms with Gasteiger partial charge >= 0.3 is 0 Å². The fourth-order valence-electron chi connectivity index (χ4n) is 2.42. The van der Waals surface area contributed by atoms with E-state index in [1.54, 1.807) is 0 Å². The molecule has 2 N–H and O–H groups in total. The van der Waals surface area contributed by atoms with Crippen molar-refractivity contribution in [3.63, 3.8) is 0 Å². The van der Waals surface area contributed by atoms with Gasteiger partial charge in [0.15, 0.2) is 0 Å². The van der Waals surface area contributed by atoms with E-state index in [0.29, 0.717) is 39.1 Å². The van der Waals surface area contributed by atoms with Gasteiger partial charge in [0.2, 0.25) is 11.8 Å². The number of hydrogen-bond donors (Lipinski definition) is 2. The molecular formula is C15H28N2O3. The summed E-state index contributed by atoms with van der Waals surface area (Å²) in [5.74, 6) is 0.191. The second kappa shape index (κ2) is 8.95. The monoisotopic (exact) mass is 284 g/mol. The molecule has 116 valence electrons. The van der Waals surface area contributed by atoms with Gasteiger partial charge in [0.1, 0.15) is 0 Å². The lowest BCUT2D eigenvalue weighted by atomic mass is 9.80. The summed E-state index contributed by atoms with van der Waals surface area (Å²) in [5.41, 5.74) is -0.0505. The van der Waals surface area contributed by atoms with Crippen molar-refractivity contribution in [1.29, 1.82) is 0 Å². The average molecular weight is 284 g/mol. The average Bonchev–Trinajstić information content (AvgIpc) is 2.45. The van der Waals surface area contributed by atoms with Crippen LogP contribution in [0.5, 0.6) is 0 Å². The van der Waals surface area contributed by atoms with Crippen molar-refractivity contribution < 1.29 is 14.3 Å². The number of nitrogens with one attached hydrogen (secondary N) is 2. The molecule has 0 aliphatic carbocycles. The third-order valence-electron chi connectivity index (χ3n) is 3.83. The van der Waals surface area contributed by atoms with E-state index < -0.39 is 0 Å². The van der Waals surface area contributed by atoms with Crippen LogP contribution in [0.1, 0.15) is 52.4 Å². The Morgan fingerprint density at radius 2 is 1.40 bits per heavy atom. The minimum Gasteiger partial charge on any atom is -0.381 e. The van der Waals surface area contributed by atoms with E-state index in [1.807, 2.05) is 13.8 Å². The van der Waals surface area contributed by atoms with Crippen molar-refractivity contribution in [2.45, 2.75) is 52.4 Å². The molecule has 5 heteroatoms. The highest BCUT2D eigenvalue weighted by Gasteiger charge is 2.33. The molecule has 0 radical (unpaired) electrons. The molecule has 0 bridgehead atoms. The summed E-state index contributed by atoms with van der Waals surface area (Å²) in [6.07, 6.45) is 4.60. The molecular weight excluding hydrogens is 256 g/mol. The zero-order valence-corrected chi connectivity index (χ0v) is 12.8. The van der Waals surface area contributed by atoms with Gasteiger partial charge in [-0.3, -0.25) is 9.59 Å². The Morgan fingerprint density at radius 3 is 1.80 bits per heavy atom. The summed E-state index contributed by atoms with van der Waals surface area (Å²) in [4.78, 5) is 23.3. The third-order valence-corrected chi connectivity index (χ3v) is 3.83. The van der Waals surface area contributed by atoms with E-state index in [1.165, 1.54) is 0 Å². The van der Waals surface area contributed by atoms with Crippen LogP contribution in [0.3, 0.4) is 0 Å². The Balaban J connectivity index is 2.48. The molecule has 20 heavy (non-hydrogen) atoms. The van der Waals surface area contributed by atoms with E-state index in [-0.39, 0.29) is 17.2 Å². The van der Waals surface area contributed by atoms with E-state index in [0.717, 1.165) is 25.7 Å². The summed E-state index contributed by atoms with van der Waals surface area (Å²) in [5, 5.41) is 6.01. The first-order valence-corrected chi connectivity index (χ1v) is 7.73. The first-order chi connectivity index (χ1) is 9.62. The highest BCUT2D eigenvalue weighted by molar-refractivity contribution is 5.76. The highest BCUT2D eigenvalue weighted by Crippen LogP contribution is 2.29. The maximum Gasteiger partial charge on any atom is 0.220 e. The zero-order chi connectivity index (χ0) is 14.8. The smallest absolute Gasteiger partial charge is 0.220 e. The van der Waals surface area contributed by atoms with Crippen LogP contribution < -0.4 is 10.6 Å². The predicted octanol–water partition coefficient (Wildman–Crippen LogP) is 1.62. The fraction of sp³-hybridized carbons (Fsp3) is 0.867. The fourth-order valence-corrected chi connectivity index (χ4v) is 2.42. The molecule has 2 amide bonds. The Kier molecular flexibility index (Phi) is 7.59. The van der Waals surface area contributed by atoms with E-state index in [9.17, 15) is 9.59 Å². The van der Waals surface area contributed by atoms with Gasteiger partial charge in [-0.25, -0.2) is 0 Å². The van der Waals surface area contributed by atoms with Gasteiger partial charge in [0.25, 0.3) is 0 Å². The number of amides is 2. The van der Waals surface area contributed by atoms with Gasteiger partial charge in [-0.1, -0.05) is 13.8 Å². The third kappa shape index (κ3) is 5.90. The summed E-state index contributed by atoms with van der Waals surface area (Å²) < 4.78 is 5.41. The molecule has 0 unspecified atom stereocenters. The van der Waals surface area contributed by atoms with Gasteiger partial charge in [0.05, 0.1) is 0 Å². The first-order valence-electron chi connectivity index (χ1n) is 7.73. The highest BCUT2D eigenvalue weighted by atomic mass is 16.5. The molecule has 1 fully saturated rings. The van der Waals surface area contributed by atoms with Gasteiger partial charge in [-0.05, 0) is 25.7 Å². The SMILES string of the molecule is CCCC(=O)NCC1(CNC(=O)CCC)CCOCC1. The lowest BCUT2D eigenvalue weighted by Gasteiger charge is -2.37. The summed E-state index contributed by atoms with van der Waals surface area (Å²) in [6.45, 7) is 6.65. The molecule has 0 saturated carbocycles. The molecule has 0 aromatic heterocycles. The molecule has 0 spiro atoms. The number of carbonyl (C=O) groups excluding carboxylic acids is 2. The van der Waals surface area contributed by atoms with Crippen molar-refractivity contribution in [1.82, 2.24) is 10.6 Å². The molecule has 0 aromatic rings. The minimum absolute atomic E-state index is 0.0505. The van der Waals surface area contributed by atoms with Crippen molar-refractivity contribution in [2.75, 3.05) is 26.3 Å². The number of carbonyl (C=O) groups is 2. The Morgan fingerprint density at radius 1 is 0.950 bits per heavy atom. The topological polar surface area (TPSA) is 67.4 Å². The Labute approximate surface area is 121 Å². The first kappa shape index (κ1) is 17.0. The van der Waals surface area contributed by atoms with Crippen molar-refractivity contribution in [3.05, 3.63) is 0 Å². The van der Waals surface area contributed by atoms with Gasteiger partial charge in [0, 0.05) is 44.6 Å². The molecule has 0 atom stereocenters. The van der Waals surface area contributed by atoms with Crippen LogP contribution in [-0.4, -0.2) is 38.1 Å². The van der Waals surface area contributed by atoms with Gasteiger partial charge in [-0.15, -0.1) is 0 Å². The number of ether oxygens (including phenoxy) is 1. The Hall–Kier alpha value is -1.10. The van der Waals surface area contributed by atoms with Crippen LogP contribution in [0.2, 0.25) is 0 Å². The molecule has 0 aromatic carbocycles. The van der Waals surface area contributed by atoms with Crippen LogP contribution in [0.4, 0.5) is 0 Å². The maximum absolute atomic E-state index is 11.6. The van der Waals surface area contributed by atoms with Crippen molar-refractivity contribution >= 4 is 11.8 Å². The summed E-state index contributed by atoms with van der Waals surface area (Å²) >= 11 is 0. The Bertz CT molecular complexity index is 288. The summed E-state index contributed by atoms with van der Waals surface area (Å²) in [6, 6.07) is 0. The molecule has 1 aliphatic rings. The second-order valence-electron chi connectivity index (χ2n) is 5.67. The van der Waals surface area contributed by atoms with E-state index in [4.69, 9.17) is 4.74 Å². The predicted molar refractivity (Wildman–Crippen MR) is 78.3 cm³/mol. The van der Waals surface area contributed by atoms with Crippen LogP contribution in [0, 0.1) is 5.41 Å². The van der Waals surface area contributed by atoms with Gasteiger partial charge < -0.3 is 15.4 Å². The van der Waals surface area contributed by atoms with Crippen LogP contribution in [0.15, 0.2) is 0 Å². The molecule has 1 aliphatic heterocycles. The lowest BCUT2D eigenvalue weighted by molar-refractivity contribution is -0.122. The molecule has 5 nitrogen and oxygen atoms in total. The molecule has 1 saturated heterocycles. The molecule has 1 heterocycles. The van der Waals surface area contributed by atoms with E-state index >= 15 is 0 Å².